The van der Waals surface area contributed by atoms with E-state index >= 15 is 0 Å². The van der Waals surface area contributed by atoms with Crippen LogP contribution in [0.5, 0.6) is 0 Å². The summed E-state index contributed by atoms with van der Waals surface area (Å²) in [4.78, 5) is 29.9. The van der Waals surface area contributed by atoms with Crippen molar-refractivity contribution in [2.75, 3.05) is 12.3 Å². The van der Waals surface area contributed by atoms with Crippen LogP contribution in [-0.2, 0) is 22.6 Å². The van der Waals surface area contributed by atoms with E-state index in [-0.39, 0.29) is 11.8 Å². The fraction of sp³-hybridized carbons (Fsp3) is 0.333. The summed E-state index contributed by atoms with van der Waals surface area (Å²) < 4.78 is 0. The molecule has 3 aromatic carbocycles. The predicted molar refractivity (Wildman–Crippen MR) is 150 cm³/mol. The number of hydrogen-bond acceptors (Lipinski definition) is 3. The molecule has 6 heteroatoms. The lowest BCUT2D eigenvalue weighted by molar-refractivity contribution is -0.141. The Balaban J connectivity index is 1.77. The first-order chi connectivity index (χ1) is 17.5. The van der Waals surface area contributed by atoms with Gasteiger partial charge in [0, 0.05) is 35.8 Å². The van der Waals surface area contributed by atoms with E-state index in [4.69, 9.17) is 11.6 Å². The van der Waals surface area contributed by atoms with Crippen molar-refractivity contribution in [3.05, 3.63) is 101 Å². The molecule has 190 valence electrons. The number of carbonyl (C=O) groups excluding carboxylic acids is 2. The molecule has 0 saturated carbocycles. The molecule has 0 bridgehead atoms. The van der Waals surface area contributed by atoms with Gasteiger partial charge in [0.05, 0.1) is 0 Å². The van der Waals surface area contributed by atoms with Crippen molar-refractivity contribution >= 4 is 35.2 Å². The topological polar surface area (TPSA) is 49.4 Å². The van der Waals surface area contributed by atoms with Gasteiger partial charge in [0.25, 0.3) is 0 Å². The maximum Gasteiger partial charge on any atom is 0.243 e. The van der Waals surface area contributed by atoms with Crippen molar-refractivity contribution in [2.24, 2.45) is 0 Å². The van der Waals surface area contributed by atoms with Gasteiger partial charge < -0.3 is 10.2 Å². The van der Waals surface area contributed by atoms with E-state index in [1.165, 1.54) is 0 Å². The Bertz CT molecular complexity index is 1110. The first-order valence-corrected chi connectivity index (χ1v) is 13.9. The quantitative estimate of drug-likeness (QED) is 0.201. The van der Waals surface area contributed by atoms with Gasteiger partial charge in [0.15, 0.2) is 0 Å². The fourth-order valence-electron chi connectivity index (χ4n) is 4.02. The molecule has 0 unspecified atom stereocenters. The van der Waals surface area contributed by atoms with Crippen LogP contribution in [0, 0.1) is 6.92 Å². The van der Waals surface area contributed by atoms with Crippen molar-refractivity contribution in [3.63, 3.8) is 0 Å². The average Bonchev–Trinajstić information content (AvgIpc) is 2.88. The average molecular weight is 523 g/mol. The van der Waals surface area contributed by atoms with E-state index in [0.29, 0.717) is 31.0 Å². The van der Waals surface area contributed by atoms with Gasteiger partial charge in [-0.2, -0.15) is 0 Å². The molecular formula is C30H35ClN2O2S. The van der Waals surface area contributed by atoms with Crippen LogP contribution >= 0.6 is 23.4 Å². The number of halogens is 1. The molecule has 3 rings (SSSR count). The third kappa shape index (κ3) is 9.03. The van der Waals surface area contributed by atoms with E-state index in [1.54, 1.807) is 16.7 Å². The summed E-state index contributed by atoms with van der Waals surface area (Å²) in [6, 6.07) is 25.2. The zero-order valence-electron chi connectivity index (χ0n) is 21.1. The molecule has 3 aromatic rings. The van der Waals surface area contributed by atoms with Crippen LogP contribution in [0.15, 0.2) is 83.8 Å². The van der Waals surface area contributed by atoms with E-state index in [0.717, 1.165) is 40.2 Å². The summed E-state index contributed by atoms with van der Waals surface area (Å²) in [6.45, 7) is 5.07. The first-order valence-electron chi connectivity index (χ1n) is 12.5. The first kappa shape index (κ1) is 27.8. The van der Waals surface area contributed by atoms with Crippen molar-refractivity contribution in [3.8, 4) is 0 Å². The van der Waals surface area contributed by atoms with Crippen LogP contribution in [0.2, 0.25) is 5.02 Å². The van der Waals surface area contributed by atoms with Gasteiger partial charge in [-0.1, -0.05) is 78.7 Å². The lowest BCUT2D eigenvalue weighted by Gasteiger charge is -2.31. The van der Waals surface area contributed by atoms with Crippen molar-refractivity contribution < 1.29 is 9.59 Å². The van der Waals surface area contributed by atoms with Gasteiger partial charge in [0.2, 0.25) is 11.8 Å². The maximum absolute atomic E-state index is 13.6. The lowest BCUT2D eigenvalue weighted by atomic mass is 10.0. The van der Waals surface area contributed by atoms with Crippen LogP contribution in [0.1, 0.15) is 42.9 Å². The molecule has 36 heavy (non-hydrogen) atoms. The van der Waals surface area contributed by atoms with E-state index < -0.39 is 6.04 Å². The van der Waals surface area contributed by atoms with Crippen LogP contribution in [-0.4, -0.2) is 35.1 Å². The van der Waals surface area contributed by atoms with Crippen LogP contribution in [0.3, 0.4) is 0 Å². The summed E-state index contributed by atoms with van der Waals surface area (Å²) in [5.74, 6) is 0.717. The van der Waals surface area contributed by atoms with Gasteiger partial charge in [-0.3, -0.25) is 9.59 Å². The molecule has 0 radical (unpaired) electrons. The van der Waals surface area contributed by atoms with E-state index in [1.807, 2.05) is 86.6 Å². The van der Waals surface area contributed by atoms with Crippen molar-refractivity contribution in [2.45, 2.75) is 57.0 Å². The third-order valence-electron chi connectivity index (χ3n) is 5.87. The molecule has 2 amide bonds. The number of nitrogens with one attached hydrogen (secondary N) is 1. The van der Waals surface area contributed by atoms with Gasteiger partial charge in [-0.15, -0.1) is 11.8 Å². The van der Waals surface area contributed by atoms with E-state index in [9.17, 15) is 9.59 Å². The Morgan fingerprint density at radius 1 is 0.972 bits per heavy atom. The molecule has 0 fully saturated rings. The number of thioether (sulfide) groups is 1. The molecular weight excluding hydrogens is 488 g/mol. The van der Waals surface area contributed by atoms with E-state index in [2.05, 4.69) is 11.4 Å². The van der Waals surface area contributed by atoms with Crippen molar-refractivity contribution in [1.29, 1.82) is 0 Å². The molecule has 0 aliphatic carbocycles. The molecule has 0 heterocycles. The smallest absolute Gasteiger partial charge is 0.243 e. The highest BCUT2D eigenvalue weighted by molar-refractivity contribution is 7.99. The highest BCUT2D eigenvalue weighted by Crippen LogP contribution is 2.22. The molecule has 0 saturated heterocycles. The number of nitrogens with zero attached hydrogens (tertiary/aromatic N) is 1. The zero-order chi connectivity index (χ0) is 25.8. The molecule has 1 atom stereocenters. The van der Waals surface area contributed by atoms with Gasteiger partial charge >= 0.3 is 0 Å². The standard InChI is InChI=1S/C30H35ClN2O2S/c1-3-18-32-30(35)28(21-24-10-5-4-6-11-24)33(22-25-12-7-9-23(2)20-25)29(34)13-8-19-36-27-16-14-26(31)15-17-27/h4-7,9-12,14-17,20,28H,3,8,13,18-19,21-22H2,1-2H3,(H,32,35)/t28-/m1/s1. The third-order valence-corrected chi connectivity index (χ3v) is 7.22. The summed E-state index contributed by atoms with van der Waals surface area (Å²) in [5, 5.41) is 3.75. The van der Waals surface area contributed by atoms with Crippen LogP contribution < -0.4 is 5.32 Å². The second-order valence-electron chi connectivity index (χ2n) is 8.91. The Kier molecular flexibility index (Phi) is 11.4. The monoisotopic (exact) mass is 522 g/mol. The predicted octanol–water partition coefficient (Wildman–Crippen LogP) is 6.69. The number of carbonyl (C=O) groups is 2. The molecule has 0 aliphatic heterocycles. The summed E-state index contributed by atoms with van der Waals surface area (Å²) in [7, 11) is 0. The Hall–Kier alpha value is -2.76. The number of amides is 2. The molecule has 0 aliphatic rings. The largest absolute Gasteiger partial charge is 0.354 e. The summed E-state index contributed by atoms with van der Waals surface area (Å²) >= 11 is 7.69. The minimum Gasteiger partial charge on any atom is -0.354 e. The summed E-state index contributed by atoms with van der Waals surface area (Å²) in [5.41, 5.74) is 3.20. The van der Waals surface area contributed by atoms with Crippen LogP contribution in [0.4, 0.5) is 0 Å². The number of aryl methyl sites for hydroxylation is 1. The minimum atomic E-state index is -0.573. The Morgan fingerprint density at radius 2 is 1.69 bits per heavy atom. The zero-order valence-corrected chi connectivity index (χ0v) is 22.7. The van der Waals surface area contributed by atoms with Gasteiger partial charge in [-0.05, 0) is 60.9 Å². The second-order valence-corrected chi connectivity index (χ2v) is 10.5. The normalized spacial score (nSPS) is 11.6. The molecule has 4 nitrogen and oxygen atoms in total. The molecule has 0 aromatic heterocycles. The number of benzene rings is 3. The highest BCUT2D eigenvalue weighted by atomic mass is 35.5. The minimum absolute atomic E-state index is 0.000733. The lowest BCUT2D eigenvalue weighted by Crippen LogP contribution is -2.50. The van der Waals surface area contributed by atoms with Gasteiger partial charge in [0.1, 0.15) is 6.04 Å². The second kappa shape index (κ2) is 14.7. The fourth-order valence-corrected chi connectivity index (χ4v) is 4.99. The summed E-state index contributed by atoms with van der Waals surface area (Å²) in [6.07, 6.45) is 2.44. The van der Waals surface area contributed by atoms with Crippen LogP contribution in [0.25, 0.3) is 0 Å². The SMILES string of the molecule is CCCNC(=O)[C@@H](Cc1ccccc1)N(Cc1cccc(C)c1)C(=O)CCCSc1ccc(Cl)cc1. The maximum atomic E-state index is 13.6. The van der Waals surface area contributed by atoms with Crippen molar-refractivity contribution in [1.82, 2.24) is 10.2 Å². The molecule has 0 spiro atoms. The Morgan fingerprint density at radius 3 is 2.39 bits per heavy atom. The van der Waals surface area contributed by atoms with Gasteiger partial charge in [-0.25, -0.2) is 0 Å². The molecule has 1 N–H and O–H groups in total. The number of hydrogen-bond donors (Lipinski definition) is 1. The highest BCUT2D eigenvalue weighted by Gasteiger charge is 2.30. The Labute approximate surface area is 224 Å². The number of rotatable bonds is 13.